The average molecular weight is 326 g/mol. The number of cyclic esters (lactones) is 1. The lowest BCUT2D eigenvalue weighted by Crippen LogP contribution is -2.36. The zero-order valence-corrected chi connectivity index (χ0v) is 12.6. The molecule has 2 aromatic carbocycles. The number of esters is 3. The van der Waals surface area contributed by atoms with Gasteiger partial charge in [-0.25, -0.2) is 14.4 Å². The minimum atomic E-state index is -1.27. The summed E-state index contributed by atoms with van der Waals surface area (Å²) in [6.45, 7) is -0.149. The molecular weight excluding hydrogens is 312 g/mol. The summed E-state index contributed by atoms with van der Waals surface area (Å²) in [5, 5.41) is 0. The van der Waals surface area contributed by atoms with Gasteiger partial charge >= 0.3 is 17.9 Å². The Morgan fingerprint density at radius 3 is 1.88 bits per heavy atom. The molecule has 6 heteroatoms. The highest BCUT2D eigenvalue weighted by atomic mass is 16.6. The standard InChI is InChI=1S/C18H14O6/c19-16(12-7-3-1-4-8-12)23-14-11-22-18(21)15(14)24-17(20)13-9-5-2-6-10-13/h1-10,14-15H,11H2/t14-,15-/m0/s1. The lowest BCUT2D eigenvalue weighted by Gasteiger charge is -2.16. The van der Waals surface area contributed by atoms with Gasteiger partial charge in [0.2, 0.25) is 6.10 Å². The Morgan fingerprint density at radius 1 is 0.833 bits per heavy atom. The summed E-state index contributed by atoms with van der Waals surface area (Å²) in [6.07, 6.45) is -2.25. The maximum Gasteiger partial charge on any atom is 0.351 e. The second-order valence-electron chi connectivity index (χ2n) is 5.13. The first-order chi connectivity index (χ1) is 11.6. The number of carbonyl (C=O) groups excluding carboxylic acids is 3. The summed E-state index contributed by atoms with van der Waals surface area (Å²) in [7, 11) is 0. The van der Waals surface area contributed by atoms with Gasteiger partial charge in [-0.1, -0.05) is 36.4 Å². The van der Waals surface area contributed by atoms with Crippen molar-refractivity contribution in [2.75, 3.05) is 6.61 Å². The lowest BCUT2D eigenvalue weighted by atomic mass is 10.2. The fourth-order valence-corrected chi connectivity index (χ4v) is 2.24. The van der Waals surface area contributed by atoms with Crippen LogP contribution in [-0.4, -0.2) is 36.7 Å². The van der Waals surface area contributed by atoms with E-state index in [1.807, 2.05) is 0 Å². The minimum absolute atomic E-state index is 0.149. The zero-order chi connectivity index (χ0) is 16.9. The third-order valence-electron chi connectivity index (χ3n) is 3.47. The van der Waals surface area contributed by atoms with Crippen molar-refractivity contribution >= 4 is 17.9 Å². The second-order valence-corrected chi connectivity index (χ2v) is 5.13. The predicted octanol–water partition coefficient (Wildman–Crippen LogP) is 1.99. The van der Waals surface area contributed by atoms with Crippen LogP contribution in [-0.2, 0) is 19.0 Å². The van der Waals surface area contributed by atoms with Crippen LogP contribution in [0.15, 0.2) is 60.7 Å². The van der Waals surface area contributed by atoms with Gasteiger partial charge in [0.05, 0.1) is 11.1 Å². The zero-order valence-electron chi connectivity index (χ0n) is 12.6. The van der Waals surface area contributed by atoms with E-state index in [4.69, 9.17) is 14.2 Å². The monoisotopic (exact) mass is 326 g/mol. The van der Waals surface area contributed by atoms with E-state index >= 15 is 0 Å². The fourth-order valence-electron chi connectivity index (χ4n) is 2.24. The summed E-state index contributed by atoms with van der Waals surface area (Å²) in [5.41, 5.74) is 0.635. The maximum absolute atomic E-state index is 12.1. The van der Waals surface area contributed by atoms with Crippen molar-refractivity contribution in [3.05, 3.63) is 71.8 Å². The molecule has 1 aliphatic heterocycles. The topological polar surface area (TPSA) is 78.9 Å². The van der Waals surface area contributed by atoms with Gasteiger partial charge in [-0.05, 0) is 24.3 Å². The molecule has 1 heterocycles. The van der Waals surface area contributed by atoms with E-state index < -0.39 is 30.1 Å². The van der Waals surface area contributed by atoms with Crippen LogP contribution < -0.4 is 0 Å². The van der Waals surface area contributed by atoms with E-state index in [9.17, 15) is 14.4 Å². The van der Waals surface area contributed by atoms with E-state index in [2.05, 4.69) is 0 Å². The highest BCUT2D eigenvalue weighted by molar-refractivity contribution is 5.93. The molecule has 2 atom stereocenters. The Kier molecular flexibility index (Phi) is 4.56. The van der Waals surface area contributed by atoms with Crippen LogP contribution in [0.1, 0.15) is 20.7 Å². The molecule has 0 bridgehead atoms. The van der Waals surface area contributed by atoms with Crippen LogP contribution >= 0.6 is 0 Å². The highest BCUT2D eigenvalue weighted by Crippen LogP contribution is 2.19. The van der Waals surface area contributed by atoms with Crippen molar-refractivity contribution in [3.8, 4) is 0 Å². The van der Waals surface area contributed by atoms with E-state index in [0.717, 1.165) is 0 Å². The van der Waals surface area contributed by atoms with Gasteiger partial charge in [0.25, 0.3) is 0 Å². The van der Waals surface area contributed by atoms with Crippen molar-refractivity contribution in [2.24, 2.45) is 0 Å². The van der Waals surface area contributed by atoms with Gasteiger partial charge in [0, 0.05) is 0 Å². The molecule has 0 unspecified atom stereocenters. The molecule has 6 nitrogen and oxygen atoms in total. The summed E-state index contributed by atoms with van der Waals surface area (Å²) < 4.78 is 15.3. The minimum Gasteiger partial charge on any atom is -0.459 e. The molecular formula is C18H14O6. The van der Waals surface area contributed by atoms with Crippen molar-refractivity contribution in [3.63, 3.8) is 0 Å². The average Bonchev–Trinajstić information content (AvgIpc) is 2.96. The maximum atomic E-state index is 12.1. The molecule has 0 saturated carbocycles. The molecule has 0 aliphatic carbocycles. The van der Waals surface area contributed by atoms with E-state index in [1.165, 1.54) is 0 Å². The first-order valence-corrected chi connectivity index (χ1v) is 7.34. The molecule has 0 N–H and O–H groups in total. The lowest BCUT2D eigenvalue weighted by molar-refractivity contribution is -0.145. The summed E-state index contributed by atoms with van der Waals surface area (Å²) >= 11 is 0. The molecule has 0 radical (unpaired) electrons. The normalized spacial score (nSPS) is 19.4. The summed E-state index contributed by atoms with van der Waals surface area (Å²) in [5.74, 6) is -2.02. The second kappa shape index (κ2) is 6.95. The van der Waals surface area contributed by atoms with Crippen molar-refractivity contribution in [1.29, 1.82) is 0 Å². The van der Waals surface area contributed by atoms with Crippen LogP contribution in [0.3, 0.4) is 0 Å². The number of ether oxygens (including phenoxy) is 3. The number of carbonyl (C=O) groups is 3. The molecule has 122 valence electrons. The van der Waals surface area contributed by atoms with Gasteiger partial charge in [-0.3, -0.25) is 0 Å². The Hall–Kier alpha value is -3.15. The largest absolute Gasteiger partial charge is 0.459 e. The molecule has 1 fully saturated rings. The molecule has 1 aliphatic rings. The third-order valence-corrected chi connectivity index (χ3v) is 3.47. The summed E-state index contributed by atoms with van der Waals surface area (Å²) in [6, 6.07) is 16.6. The van der Waals surface area contributed by atoms with E-state index in [-0.39, 0.29) is 6.61 Å². The molecule has 1 saturated heterocycles. The molecule has 0 aromatic heterocycles. The van der Waals surface area contributed by atoms with Crippen LogP contribution in [0.5, 0.6) is 0 Å². The highest BCUT2D eigenvalue weighted by Gasteiger charge is 2.43. The van der Waals surface area contributed by atoms with E-state index in [0.29, 0.717) is 11.1 Å². The van der Waals surface area contributed by atoms with Gasteiger partial charge < -0.3 is 14.2 Å². The smallest absolute Gasteiger partial charge is 0.351 e. The van der Waals surface area contributed by atoms with Gasteiger partial charge in [0.15, 0.2) is 6.10 Å². The Labute approximate surface area is 137 Å². The SMILES string of the molecule is O=C(O[C@H]1COC(=O)[C@H]1OC(=O)c1ccccc1)c1ccccc1. The van der Waals surface area contributed by atoms with Gasteiger partial charge in [-0.2, -0.15) is 0 Å². The van der Waals surface area contributed by atoms with Crippen LogP contribution in [0.25, 0.3) is 0 Å². The summed E-state index contributed by atoms with van der Waals surface area (Å²) in [4.78, 5) is 35.9. The molecule has 0 spiro atoms. The first-order valence-electron chi connectivity index (χ1n) is 7.34. The number of benzene rings is 2. The molecule has 2 aromatic rings. The molecule has 24 heavy (non-hydrogen) atoms. The van der Waals surface area contributed by atoms with Crippen molar-refractivity contribution in [2.45, 2.75) is 12.2 Å². The fraction of sp³-hybridized carbons (Fsp3) is 0.167. The quantitative estimate of drug-likeness (QED) is 0.631. The number of hydrogen-bond acceptors (Lipinski definition) is 6. The van der Waals surface area contributed by atoms with Crippen molar-refractivity contribution in [1.82, 2.24) is 0 Å². The Morgan fingerprint density at radius 2 is 1.33 bits per heavy atom. The molecule has 0 amide bonds. The number of rotatable bonds is 4. The van der Waals surface area contributed by atoms with Gasteiger partial charge in [0.1, 0.15) is 6.61 Å². The third kappa shape index (κ3) is 3.43. The Bertz CT molecular complexity index is 741. The Balaban J connectivity index is 1.68. The van der Waals surface area contributed by atoms with Crippen molar-refractivity contribution < 1.29 is 28.6 Å². The van der Waals surface area contributed by atoms with E-state index in [1.54, 1.807) is 60.7 Å². The predicted molar refractivity (Wildman–Crippen MR) is 82.3 cm³/mol. The van der Waals surface area contributed by atoms with Crippen LogP contribution in [0.2, 0.25) is 0 Å². The van der Waals surface area contributed by atoms with Crippen LogP contribution in [0, 0.1) is 0 Å². The van der Waals surface area contributed by atoms with Gasteiger partial charge in [-0.15, -0.1) is 0 Å². The first kappa shape index (κ1) is 15.7. The number of hydrogen-bond donors (Lipinski definition) is 0. The van der Waals surface area contributed by atoms with Crippen LogP contribution in [0.4, 0.5) is 0 Å². The molecule has 3 rings (SSSR count).